The van der Waals surface area contributed by atoms with Crippen LogP contribution in [0.5, 0.6) is 0 Å². The summed E-state index contributed by atoms with van der Waals surface area (Å²) < 4.78 is 0. The normalized spacial score (nSPS) is 13.2. The lowest BCUT2D eigenvalue weighted by Crippen LogP contribution is -2.27. The second kappa shape index (κ2) is 6.51. The van der Waals surface area contributed by atoms with Gasteiger partial charge < -0.3 is 10.4 Å². The van der Waals surface area contributed by atoms with Gasteiger partial charge in [0.15, 0.2) is 0 Å². The maximum atomic E-state index is 12.6. The smallest absolute Gasteiger partial charge is 0.335 e. The molecule has 0 saturated carbocycles. The van der Waals surface area contributed by atoms with Gasteiger partial charge in [-0.1, -0.05) is 0 Å². The van der Waals surface area contributed by atoms with Crippen molar-refractivity contribution in [1.82, 2.24) is 10.2 Å². The third kappa shape index (κ3) is 3.05. The number of carboxylic acid groups (broad SMARTS) is 1. The third-order valence-corrected chi connectivity index (χ3v) is 4.71. The van der Waals surface area contributed by atoms with Gasteiger partial charge >= 0.3 is 5.97 Å². The third-order valence-electron chi connectivity index (χ3n) is 4.71. The van der Waals surface area contributed by atoms with Crippen molar-refractivity contribution in [2.75, 3.05) is 5.32 Å². The molecule has 25 heavy (non-hydrogen) atoms. The van der Waals surface area contributed by atoms with E-state index in [-0.39, 0.29) is 11.1 Å². The summed E-state index contributed by atoms with van der Waals surface area (Å²) in [6, 6.07) is 3.11. The molecular formula is C18H19N3O4. The van der Waals surface area contributed by atoms with Gasteiger partial charge in [0.25, 0.3) is 11.5 Å². The van der Waals surface area contributed by atoms with Crippen LogP contribution in [0.25, 0.3) is 0 Å². The number of rotatable bonds is 3. The number of fused-ring (bicyclic) bond motifs is 1. The lowest BCUT2D eigenvalue weighted by Gasteiger charge is -2.21. The fourth-order valence-electron chi connectivity index (χ4n) is 3.27. The van der Waals surface area contributed by atoms with Crippen molar-refractivity contribution >= 4 is 17.6 Å². The number of hydrogen-bond acceptors (Lipinski definition) is 4. The van der Waals surface area contributed by atoms with Gasteiger partial charge in [-0.3, -0.25) is 9.59 Å². The van der Waals surface area contributed by atoms with Crippen molar-refractivity contribution in [3.05, 3.63) is 56.0 Å². The van der Waals surface area contributed by atoms with Crippen LogP contribution in [0.4, 0.5) is 5.69 Å². The second-order valence-electron chi connectivity index (χ2n) is 6.22. The van der Waals surface area contributed by atoms with E-state index in [1.165, 1.54) is 6.07 Å². The number of amides is 1. The van der Waals surface area contributed by atoms with Crippen molar-refractivity contribution in [1.29, 1.82) is 0 Å². The highest BCUT2D eigenvalue weighted by Crippen LogP contribution is 2.31. The van der Waals surface area contributed by atoms with Crippen LogP contribution in [0, 0.1) is 13.8 Å². The van der Waals surface area contributed by atoms with E-state index in [2.05, 4.69) is 15.5 Å². The molecule has 0 spiro atoms. The number of aromatic amines is 1. The number of nitrogens with zero attached hydrogens (tertiary/aromatic N) is 1. The number of carbonyl (C=O) groups is 2. The summed E-state index contributed by atoms with van der Waals surface area (Å²) in [5.74, 6) is -1.48. The highest BCUT2D eigenvalue weighted by Gasteiger charge is 2.23. The molecule has 7 nitrogen and oxygen atoms in total. The first-order valence-electron chi connectivity index (χ1n) is 8.15. The zero-order valence-electron chi connectivity index (χ0n) is 14.1. The van der Waals surface area contributed by atoms with E-state index < -0.39 is 17.4 Å². The molecule has 1 aliphatic carbocycles. The van der Waals surface area contributed by atoms with E-state index in [9.17, 15) is 19.5 Å². The summed E-state index contributed by atoms with van der Waals surface area (Å²) in [4.78, 5) is 36.1. The summed E-state index contributed by atoms with van der Waals surface area (Å²) in [6.45, 7) is 3.39. The van der Waals surface area contributed by atoms with E-state index in [1.54, 1.807) is 19.9 Å². The molecule has 3 rings (SSSR count). The molecule has 1 aliphatic rings. The van der Waals surface area contributed by atoms with E-state index in [1.807, 2.05) is 0 Å². The summed E-state index contributed by atoms with van der Waals surface area (Å²) in [5.41, 5.74) is 3.05. The predicted molar refractivity (Wildman–Crippen MR) is 92.3 cm³/mol. The number of hydrogen-bond donors (Lipinski definition) is 3. The minimum Gasteiger partial charge on any atom is -0.478 e. The first-order valence-corrected chi connectivity index (χ1v) is 8.15. The van der Waals surface area contributed by atoms with Gasteiger partial charge in [-0.2, -0.15) is 5.10 Å². The lowest BCUT2D eigenvalue weighted by atomic mass is 9.87. The number of carbonyl (C=O) groups excluding carboxylic acids is 1. The van der Waals surface area contributed by atoms with Crippen molar-refractivity contribution in [2.24, 2.45) is 0 Å². The Morgan fingerprint density at radius 2 is 1.84 bits per heavy atom. The van der Waals surface area contributed by atoms with Crippen molar-refractivity contribution in [2.45, 2.75) is 39.5 Å². The fourth-order valence-corrected chi connectivity index (χ4v) is 3.27. The standard InChI is InChI=1S/C18H19N3O4/c1-9-10(2)20-21-17(23)15(9)16(22)19-14-8-7-13(18(24)25)11-5-3-4-6-12(11)14/h7-8H,3-6H2,1-2H3,(H,19,22)(H,21,23)(H,24,25). The van der Waals surface area contributed by atoms with Crippen LogP contribution in [0.2, 0.25) is 0 Å². The van der Waals surface area contributed by atoms with Crippen LogP contribution in [0.3, 0.4) is 0 Å². The molecule has 0 radical (unpaired) electrons. The highest BCUT2D eigenvalue weighted by atomic mass is 16.4. The molecule has 0 unspecified atom stereocenters. The molecule has 1 aromatic heterocycles. The monoisotopic (exact) mass is 341 g/mol. The Balaban J connectivity index is 2.02. The van der Waals surface area contributed by atoms with E-state index >= 15 is 0 Å². The molecular weight excluding hydrogens is 322 g/mol. The van der Waals surface area contributed by atoms with Gasteiger partial charge in [-0.15, -0.1) is 0 Å². The zero-order valence-corrected chi connectivity index (χ0v) is 14.1. The minimum atomic E-state index is -0.965. The first-order chi connectivity index (χ1) is 11.9. The molecule has 2 aromatic rings. The highest BCUT2D eigenvalue weighted by molar-refractivity contribution is 6.06. The van der Waals surface area contributed by atoms with Crippen LogP contribution < -0.4 is 10.9 Å². The predicted octanol–water partition coefficient (Wildman–Crippen LogP) is 2.22. The Bertz CT molecular complexity index is 931. The van der Waals surface area contributed by atoms with Crippen LogP contribution >= 0.6 is 0 Å². The fraction of sp³-hybridized carbons (Fsp3) is 0.333. The SMILES string of the molecule is Cc1n[nH]c(=O)c(C(=O)Nc2ccc(C(=O)O)c3c2CCCC3)c1C. The van der Waals surface area contributed by atoms with E-state index in [4.69, 9.17) is 0 Å². The van der Waals surface area contributed by atoms with Crippen molar-refractivity contribution in [3.8, 4) is 0 Å². The molecule has 0 bridgehead atoms. The molecule has 0 atom stereocenters. The number of nitrogens with one attached hydrogen (secondary N) is 2. The van der Waals surface area contributed by atoms with Gasteiger partial charge in [0, 0.05) is 5.69 Å². The summed E-state index contributed by atoms with van der Waals surface area (Å²) in [6.07, 6.45) is 3.24. The molecule has 1 aromatic carbocycles. The quantitative estimate of drug-likeness (QED) is 0.792. The molecule has 7 heteroatoms. The Labute approximate surface area is 144 Å². The van der Waals surface area contributed by atoms with Crippen molar-refractivity contribution < 1.29 is 14.7 Å². The first kappa shape index (κ1) is 16.9. The molecule has 0 saturated heterocycles. The number of carboxylic acids is 1. The molecule has 3 N–H and O–H groups in total. The van der Waals surface area contributed by atoms with Crippen LogP contribution in [0.15, 0.2) is 16.9 Å². The number of aryl methyl sites for hydroxylation is 1. The Morgan fingerprint density at radius 1 is 1.16 bits per heavy atom. The lowest BCUT2D eigenvalue weighted by molar-refractivity contribution is 0.0695. The zero-order chi connectivity index (χ0) is 18.1. The Morgan fingerprint density at radius 3 is 2.52 bits per heavy atom. The number of H-pyrrole nitrogens is 1. The van der Waals surface area contributed by atoms with Gasteiger partial charge in [-0.25, -0.2) is 9.89 Å². The maximum Gasteiger partial charge on any atom is 0.335 e. The van der Waals surface area contributed by atoms with Gasteiger partial charge in [0.1, 0.15) is 5.56 Å². The molecule has 0 aliphatic heterocycles. The van der Waals surface area contributed by atoms with Crippen LogP contribution in [-0.4, -0.2) is 27.2 Å². The average molecular weight is 341 g/mol. The summed E-state index contributed by atoms with van der Waals surface area (Å²) in [7, 11) is 0. The minimum absolute atomic E-state index is 0.0272. The van der Waals surface area contributed by atoms with E-state index in [0.717, 1.165) is 24.0 Å². The number of benzene rings is 1. The molecule has 1 heterocycles. The second-order valence-corrected chi connectivity index (χ2v) is 6.22. The number of anilines is 1. The van der Waals surface area contributed by atoms with E-state index in [0.29, 0.717) is 29.8 Å². The van der Waals surface area contributed by atoms with Crippen molar-refractivity contribution in [3.63, 3.8) is 0 Å². The number of aromatic nitrogens is 2. The van der Waals surface area contributed by atoms with Gasteiger partial charge in [0.05, 0.1) is 11.3 Å². The number of aromatic carboxylic acids is 1. The summed E-state index contributed by atoms with van der Waals surface area (Å²) in [5, 5.41) is 18.3. The van der Waals surface area contributed by atoms with Gasteiger partial charge in [0.2, 0.25) is 0 Å². The Hall–Kier alpha value is -2.96. The van der Waals surface area contributed by atoms with Gasteiger partial charge in [-0.05, 0) is 68.4 Å². The maximum absolute atomic E-state index is 12.6. The van der Waals surface area contributed by atoms with Crippen LogP contribution in [-0.2, 0) is 12.8 Å². The molecule has 0 fully saturated rings. The Kier molecular flexibility index (Phi) is 4.39. The summed E-state index contributed by atoms with van der Waals surface area (Å²) >= 11 is 0. The largest absolute Gasteiger partial charge is 0.478 e. The topological polar surface area (TPSA) is 112 Å². The molecule has 1 amide bonds. The van der Waals surface area contributed by atoms with Crippen LogP contribution in [0.1, 0.15) is 55.9 Å². The molecule has 130 valence electrons. The average Bonchev–Trinajstić information content (AvgIpc) is 2.58.